The molecule has 1 aromatic rings. The average molecular weight is 328 g/mol. The zero-order valence-electron chi connectivity index (χ0n) is 13.4. The van der Waals surface area contributed by atoms with Gasteiger partial charge in [-0.3, -0.25) is 9.36 Å². The zero-order chi connectivity index (χ0) is 16.4. The van der Waals surface area contributed by atoms with Gasteiger partial charge in [0.25, 0.3) is 5.56 Å². The number of thioether (sulfide) groups is 1. The Morgan fingerprint density at radius 1 is 1.48 bits per heavy atom. The summed E-state index contributed by atoms with van der Waals surface area (Å²) in [6.45, 7) is 9.96. The zero-order valence-corrected chi connectivity index (χ0v) is 15.1. The molecular weight excluding hydrogens is 302 g/mol. The third kappa shape index (κ3) is 5.28. The molecule has 0 aliphatic rings. The largest absolute Gasteiger partial charge is 0.404 e. The molecule has 0 aromatic carbocycles. The summed E-state index contributed by atoms with van der Waals surface area (Å²) in [5, 5.41) is 0.674. The monoisotopic (exact) mass is 327 g/mol. The Labute approximate surface area is 137 Å². The molecule has 0 spiro atoms. The van der Waals surface area contributed by atoms with Gasteiger partial charge in [-0.05, 0) is 19.1 Å². The van der Waals surface area contributed by atoms with Crippen molar-refractivity contribution in [1.29, 1.82) is 0 Å². The van der Waals surface area contributed by atoms with Crippen LogP contribution in [0.2, 0.25) is 0 Å². The molecule has 0 aliphatic carbocycles. The third-order valence-corrected chi connectivity index (χ3v) is 3.76. The normalized spacial score (nSPS) is 11.9. The highest BCUT2D eigenvalue weighted by atomic mass is 32.2. The standard InChI is InChI=1S/C13H19N3OS2.C2H6/c1-4-9(5-2)16-12(17)7-10(11(18)8-14)15-13(16)19-6-3;1-2/h4,7-8,18H,5-6,14H2,1-3H3;1-2H3/b9-4+,11-8-;. The Kier molecular flexibility index (Phi) is 9.99. The number of aromatic nitrogens is 2. The molecule has 4 nitrogen and oxygen atoms in total. The van der Waals surface area contributed by atoms with Crippen LogP contribution in [0.4, 0.5) is 0 Å². The first-order valence-electron chi connectivity index (χ1n) is 7.12. The first-order chi connectivity index (χ1) is 10.1. The van der Waals surface area contributed by atoms with E-state index < -0.39 is 0 Å². The summed E-state index contributed by atoms with van der Waals surface area (Å²) < 4.78 is 1.65. The first kappa shape index (κ1) is 19.9. The van der Waals surface area contributed by atoms with Crippen molar-refractivity contribution in [3.05, 3.63) is 34.4 Å². The molecule has 1 rings (SSSR count). The lowest BCUT2D eigenvalue weighted by Crippen LogP contribution is -2.22. The van der Waals surface area contributed by atoms with E-state index in [0.717, 1.165) is 17.9 Å². The first-order valence-corrected chi connectivity index (χ1v) is 8.55. The second-order valence-corrected chi connectivity index (χ2v) is 5.43. The molecular formula is C15H25N3OS2. The third-order valence-electron chi connectivity index (χ3n) is 2.56. The van der Waals surface area contributed by atoms with Crippen LogP contribution in [0.3, 0.4) is 0 Å². The number of hydrogen-bond acceptors (Lipinski definition) is 5. The second-order valence-electron chi connectivity index (χ2n) is 3.72. The lowest BCUT2D eigenvalue weighted by atomic mass is 10.3. The maximum absolute atomic E-state index is 12.3. The lowest BCUT2D eigenvalue weighted by molar-refractivity contribution is 0.784. The van der Waals surface area contributed by atoms with E-state index in [1.807, 2.05) is 40.7 Å². The number of hydrogen-bond donors (Lipinski definition) is 2. The molecule has 2 N–H and O–H groups in total. The molecule has 0 atom stereocenters. The predicted octanol–water partition coefficient (Wildman–Crippen LogP) is 3.84. The Balaban J connectivity index is 0.00000191. The fourth-order valence-corrected chi connectivity index (χ4v) is 2.53. The summed E-state index contributed by atoms with van der Waals surface area (Å²) in [6, 6.07) is 1.46. The highest BCUT2D eigenvalue weighted by Gasteiger charge is 2.12. The Bertz CT molecular complexity index is 563. The lowest BCUT2D eigenvalue weighted by Gasteiger charge is -2.14. The van der Waals surface area contributed by atoms with Crippen LogP contribution in [0.15, 0.2) is 28.3 Å². The van der Waals surface area contributed by atoms with Gasteiger partial charge in [-0.25, -0.2) is 4.98 Å². The highest BCUT2D eigenvalue weighted by Crippen LogP contribution is 2.22. The molecule has 1 heterocycles. The number of thiol groups is 1. The van der Waals surface area contributed by atoms with Crippen molar-refractivity contribution in [2.75, 3.05) is 5.75 Å². The molecule has 118 valence electrons. The fraction of sp³-hybridized carbons (Fsp3) is 0.467. The summed E-state index contributed by atoms with van der Waals surface area (Å²) in [4.78, 5) is 17.3. The molecule has 0 saturated heterocycles. The van der Waals surface area contributed by atoms with Gasteiger partial charge >= 0.3 is 0 Å². The smallest absolute Gasteiger partial charge is 0.259 e. The van der Waals surface area contributed by atoms with Gasteiger partial charge in [0.2, 0.25) is 0 Å². The summed E-state index contributed by atoms with van der Waals surface area (Å²) in [7, 11) is 0. The van der Waals surface area contributed by atoms with E-state index in [4.69, 9.17) is 5.73 Å². The molecule has 0 aliphatic heterocycles. The molecule has 21 heavy (non-hydrogen) atoms. The number of nitrogens with zero attached hydrogens (tertiary/aromatic N) is 2. The van der Waals surface area contributed by atoms with Crippen LogP contribution in [0.25, 0.3) is 10.6 Å². The summed E-state index contributed by atoms with van der Waals surface area (Å²) in [6.07, 6.45) is 4.05. The Morgan fingerprint density at radius 3 is 2.52 bits per heavy atom. The van der Waals surface area contributed by atoms with Gasteiger partial charge in [0, 0.05) is 22.9 Å². The van der Waals surface area contributed by atoms with Crippen molar-refractivity contribution in [2.24, 2.45) is 5.73 Å². The maximum Gasteiger partial charge on any atom is 0.259 e. The molecule has 0 radical (unpaired) electrons. The van der Waals surface area contributed by atoms with Gasteiger partial charge < -0.3 is 5.73 Å². The van der Waals surface area contributed by atoms with Gasteiger partial charge in [0.05, 0.1) is 5.69 Å². The van der Waals surface area contributed by atoms with Gasteiger partial charge in [-0.15, -0.1) is 12.6 Å². The minimum atomic E-state index is -0.107. The highest BCUT2D eigenvalue weighted by molar-refractivity contribution is 7.99. The van der Waals surface area contributed by atoms with E-state index in [0.29, 0.717) is 15.8 Å². The van der Waals surface area contributed by atoms with Crippen molar-refractivity contribution in [3.63, 3.8) is 0 Å². The Morgan fingerprint density at radius 2 is 2.10 bits per heavy atom. The van der Waals surface area contributed by atoms with E-state index in [2.05, 4.69) is 17.6 Å². The van der Waals surface area contributed by atoms with E-state index in [1.54, 1.807) is 4.57 Å². The van der Waals surface area contributed by atoms with Crippen LogP contribution in [0, 0.1) is 0 Å². The van der Waals surface area contributed by atoms with Gasteiger partial charge in [-0.2, -0.15) is 0 Å². The molecule has 6 heteroatoms. The molecule has 0 saturated carbocycles. The maximum atomic E-state index is 12.3. The molecule has 0 fully saturated rings. The van der Waals surface area contributed by atoms with Crippen LogP contribution in [-0.2, 0) is 0 Å². The van der Waals surface area contributed by atoms with Gasteiger partial charge in [0.1, 0.15) is 0 Å². The summed E-state index contributed by atoms with van der Waals surface area (Å²) in [5.41, 5.74) is 6.77. The van der Waals surface area contributed by atoms with E-state index in [-0.39, 0.29) is 5.56 Å². The topological polar surface area (TPSA) is 60.9 Å². The van der Waals surface area contributed by atoms with Crippen LogP contribution < -0.4 is 11.3 Å². The number of allylic oxidation sites excluding steroid dienone is 2. The molecule has 0 unspecified atom stereocenters. The van der Waals surface area contributed by atoms with Crippen molar-refractivity contribution in [2.45, 2.75) is 46.2 Å². The number of rotatable bonds is 5. The van der Waals surface area contributed by atoms with Crippen LogP contribution in [-0.4, -0.2) is 15.3 Å². The predicted molar refractivity (Wildman–Crippen MR) is 97.6 cm³/mol. The molecule has 0 amide bonds. The SMILES string of the molecule is C/C=C(\CC)n1c(SCC)nc(/C(S)=C/N)cc1=O.CC. The second kappa shape index (κ2) is 10.6. The van der Waals surface area contributed by atoms with Gasteiger partial charge in [-0.1, -0.05) is 45.5 Å². The van der Waals surface area contributed by atoms with Crippen molar-refractivity contribution < 1.29 is 0 Å². The summed E-state index contributed by atoms with van der Waals surface area (Å²) >= 11 is 5.74. The Hall–Kier alpha value is -1.14. The summed E-state index contributed by atoms with van der Waals surface area (Å²) in [5.74, 6) is 0.838. The average Bonchev–Trinajstić information content (AvgIpc) is 2.51. The minimum absolute atomic E-state index is 0.107. The van der Waals surface area contributed by atoms with Crippen LogP contribution >= 0.6 is 24.4 Å². The van der Waals surface area contributed by atoms with Crippen LogP contribution in [0.1, 0.15) is 46.7 Å². The molecule has 0 bridgehead atoms. The minimum Gasteiger partial charge on any atom is -0.404 e. The quantitative estimate of drug-likeness (QED) is 0.490. The molecule has 1 aromatic heterocycles. The van der Waals surface area contributed by atoms with E-state index in [9.17, 15) is 4.79 Å². The fourth-order valence-electron chi connectivity index (χ4n) is 1.66. The van der Waals surface area contributed by atoms with Gasteiger partial charge in [0.15, 0.2) is 5.16 Å². The number of nitrogens with two attached hydrogens (primary N) is 1. The van der Waals surface area contributed by atoms with Crippen molar-refractivity contribution >= 4 is 35.0 Å². The van der Waals surface area contributed by atoms with E-state index >= 15 is 0 Å². The van der Waals surface area contributed by atoms with Crippen LogP contribution in [0.5, 0.6) is 0 Å². The van der Waals surface area contributed by atoms with Crippen molar-refractivity contribution in [3.8, 4) is 0 Å². The van der Waals surface area contributed by atoms with E-state index in [1.165, 1.54) is 24.0 Å². The van der Waals surface area contributed by atoms with Crippen molar-refractivity contribution in [1.82, 2.24) is 9.55 Å².